The van der Waals surface area contributed by atoms with Crippen LogP contribution in [0.2, 0.25) is 0 Å². The van der Waals surface area contributed by atoms with Gasteiger partial charge in [0, 0.05) is 32.7 Å². The highest BCUT2D eigenvalue weighted by atomic mass is 16.5. The molecule has 1 N–H and O–H groups in total. The zero-order valence-corrected chi connectivity index (χ0v) is 9.24. The molecule has 2 saturated heterocycles. The lowest BCUT2D eigenvalue weighted by molar-refractivity contribution is -0.141. The molecule has 0 aromatic carbocycles. The molecule has 1 unspecified atom stereocenters. The molecule has 2 fully saturated rings. The van der Waals surface area contributed by atoms with Crippen LogP contribution >= 0.6 is 0 Å². The van der Waals surface area contributed by atoms with Gasteiger partial charge in [-0.05, 0) is 7.05 Å². The van der Waals surface area contributed by atoms with E-state index in [1.54, 1.807) is 0 Å². The fraction of sp³-hybridized carbons (Fsp3) is 0.900. The van der Waals surface area contributed by atoms with Gasteiger partial charge in [-0.15, -0.1) is 0 Å². The molecule has 86 valence electrons. The van der Waals surface area contributed by atoms with Gasteiger partial charge in [0.05, 0.1) is 13.2 Å². The molecule has 15 heavy (non-hydrogen) atoms. The Hall–Kier alpha value is -0.650. The highest BCUT2D eigenvalue weighted by Crippen LogP contribution is 2.07. The van der Waals surface area contributed by atoms with Crippen molar-refractivity contribution in [3.63, 3.8) is 0 Å². The van der Waals surface area contributed by atoms with Crippen LogP contribution in [0.5, 0.6) is 0 Å². The van der Waals surface area contributed by atoms with Crippen LogP contribution in [0.25, 0.3) is 0 Å². The largest absolute Gasteiger partial charge is 0.378 e. The van der Waals surface area contributed by atoms with Gasteiger partial charge < -0.3 is 15.0 Å². The van der Waals surface area contributed by atoms with E-state index in [2.05, 4.69) is 10.2 Å². The maximum atomic E-state index is 12.2. The van der Waals surface area contributed by atoms with Gasteiger partial charge in [0.2, 0.25) is 5.91 Å². The molecule has 2 aliphatic heterocycles. The van der Waals surface area contributed by atoms with Gasteiger partial charge in [-0.2, -0.15) is 0 Å². The predicted molar refractivity (Wildman–Crippen MR) is 56.7 cm³/mol. The first-order valence-electron chi connectivity index (χ1n) is 5.56. The summed E-state index contributed by atoms with van der Waals surface area (Å²) < 4.78 is 5.24. The van der Waals surface area contributed by atoms with Gasteiger partial charge in [-0.3, -0.25) is 9.69 Å². The van der Waals surface area contributed by atoms with Gasteiger partial charge in [-0.25, -0.2) is 0 Å². The highest BCUT2D eigenvalue weighted by molar-refractivity contribution is 5.82. The molecule has 5 nitrogen and oxygen atoms in total. The van der Waals surface area contributed by atoms with E-state index >= 15 is 0 Å². The molecular weight excluding hydrogens is 194 g/mol. The molecule has 2 heterocycles. The lowest BCUT2D eigenvalue weighted by Crippen LogP contribution is -2.58. The molecule has 5 heteroatoms. The minimum absolute atomic E-state index is 0.0110. The number of piperazine rings is 1. The Kier molecular flexibility index (Phi) is 3.56. The van der Waals surface area contributed by atoms with Crippen molar-refractivity contribution in [2.45, 2.75) is 6.04 Å². The van der Waals surface area contributed by atoms with E-state index in [0.717, 1.165) is 32.7 Å². The van der Waals surface area contributed by atoms with Crippen molar-refractivity contribution in [1.82, 2.24) is 15.1 Å². The van der Waals surface area contributed by atoms with E-state index in [1.807, 2.05) is 11.9 Å². The number of carbonyl (C=O) groups excluding carboxylic acids is 1. The third-order valence-corrected chi connectivity index (χ3v) is 3.12. The van der Waals surface area contributed by atoms with Crippen molar-refractivity contribution >= 4 is 5.91 Å². The third kappa shape index (κ3) is 2.48. The first-order valence-corrected chi connectivity index (χ1v) is 5.56. The van der Waals surface area contributed by atoms with Gasteiger partial charge >= 0.3 is 0 Å². The Morgan fingerprint density at radius 3 is 2.73 bits per heavy atom. The highest BCUT2D eigenvalue weighted by Gasteiger charge is 2.30. The number of nitrogens with zero attached hydrogens (tertiary/aromatic N) is 2. The fourth-order valence-corrected chi connectivity index (χ4v) is 2.08. The minimum Gasteiger partial charge on any atom is -0.378 e. The van der Waals surface area contributed by atoms with Crippen molar-refractivity contribution in [3.05, 3.63) is 0 Å². The quantitative estimate of drug-likeness (QED) is 0.591. The molecule has 2 aliphatic rings. The summed E-state index contributed by atoms with van der Waals surface area (Å²) in [6.45, 7) is 5.52. The van der Waals surface area contributed by atoms with Crippen LogP contribution in [-0.4, -0.2) is 74.7 Å². The van der Waals surface area contributed by atoms with Gasteiger partial charge in [0.25, 0.3) is 0 Å². The van der Waals surface area contributed by atoms with E-state index in [4.69, 9.17) is 4.74 Å². The summed E-state index contributed by atoms with van der Waals surface area (Å²) in [5.74, 6) is 0.244. The summed E-state index contributed by atoms with van der Waals surface area (Å²) >= 11 is 0. The Balaban J connectivity index is 1.92. The Bertz CT molecular complexity index is 229. The summed E-state index contributed by atoms with van der Waals surface area (Å²) in [4.78, 5) is 16.2. The van der Waals surface area contributed by atoms with Crippen LogP contribution in [0.3, 0.4) is 0 Å². The maximum Gasteiger partial charge on any atom is 0.241 e. The van der Waals surface area contributed by atoms with E-state index in [0.29, 0.717) is 13.2 Å². The van der Waals surface area contributed by atoms with E-state index in [1.165, 1.54) is 0 Å². The SMILES string of the molecule is CN1CCNCC1C(=O)N1CCOCC1. The maximum absolute atomic E-state index is 12.2. The van der Waals surface area contributed by atoms with Crippen LogP contribution < -0.4 is 5.32 Å². The van der Waals surface area contributed by atoms with Crippen molar-refractivity contribution in [2.24, 2.45) is 0 Å². The summed E-state index contributed by atoms with van der Waals surface area (Å²) in [5.41, 5.74) is 0. The summed E-state index contributed by atoms with van der Waals surface area (Å²) in [6.07, 6.45) is 0. The number of rotatable bonds is 1. The molecule has 0 saturated carbocycles. The van der Waals surface area contributed by atoms with Crippen LogP contribution in [0.4, 0.5) is 0 Å². The van der Waals surface area contributed by atoms with E-state index in [9.17, 15) is 4.79 Å². The van der Waals surface area contributed by atoms with Crippen molar-refractivity contribution in [3.8, 4) is 0 Å². The summed E-state index contributed by atoms with van der Waals surface area (Å²) in [6, 6.07) is 0.0110. The predicted octanol–water partition coefficient (Wildman–Crippen LogP) is -1.25. The van der Waals surface area contributed by atoms with Gasteiger partial charge in [0.15, 0.2) is 0 Å². The average Bonchev–Trinajstić information content (AvgIpc) is 2.30. The minimum atomic E-state index is 0.0110. The van der Waals surface area contributed by atoms with E-state index in [-0.39, 0.29) is 11.9 Å². The molecule has 2 rings (SSSR count). The monoisotopic (exact) mass is 213 g/mol. The zero-order chi connectivity index (χ0) is 10.7. The van der Waals surface area contributed by atoms with E-state index < -0.39 is 0 Å². The molecule has 0 spiro atoms. The molecule has 0 aliphatic carbocycles. The Labute approximate surface area is 90.4 Å². The second kappa shape index (κ2) is 4.92. The van der Waals surface area contributed by atoms with Crippen LogP contribution in [0.15, 0.2) is 0 Å². The number of nitrogens with one attached hydrogen (secondary N) is 1. The lowest BCUT2D eigenvalue weighted by atomic mass is 10.1. The molecule has 0 aromatic heterocycles. The molecule has 1 amide bonds. The number of morpholine rings is 1. The number of carbonyl (C=O) groups is 1. The fourth-order valence-electron chi connectivity index (χ4n) is 2.08. The summed E-state index contributed by atoms with van der Waals surface area (Å²) in [5, 5.41) is 3.26. The molecule has 1 atom stereocenters. The van der Waals surface area contributed by atoms with Gasteiger partial charge in [-0.1, -0.05) is 0 Å². The molecule has 0 bridgehead atoms. The second-order valence-corrected chi connectivity index (χ2v) is 4.14. The standard InChI is InChI=1S/C10H19N3O2/c1-12-3-2-11-8-9(12)10(14)13-4-6-15-7-5-13/h9,11H,2-8H2,1H3. The number of hydrogen-bond acceptors (Lipinski definition) is 4. The zero-order valence-electron chi connectivity index (χ0n) is 9.24. The summed E-state index contributed by atoms with van der Waals surface area (Å²) in [7, 11) is 2.02. The molecule has 0 aromatic rings. The van der Waals surface area contributed by atoms with Gasteiger partial charge in [0.1, 0.15) is 6.04 Å². The number of hydrogen-bond donors (Lipinski definition) is 1. The number of likely N-dealkylation sites (N-methyl/N-ethyl adjacent to an activating group) is 1. The smallest absolute Gasteiger partial charge is 0.241 e. The third-order valence-electron chi connectivity index (χ3n) is 3.12. The Morgan fingerprint density at radius 1 is 1.33 bits per heavy atom. The van der Waals surface area contributed by atoms with Crippen LogP contribution in [0.1, 0.15) is 0 Å². The molecular formula is C10H19N3O2. The first-order chi connectivity index (χ1) is 7.29. The van der Waals surface area contributed by atoms with Crippen molar-refractivity contribution < 1.29 is 9.53 Å². The number of amides is 1. The topological polar surface area (TPSA) is 44.8 Å². The van der Waals surface area contributed by atoms with Crippen LogP contribution in [0, 0.1) is 0 Å². The van der Waals surface area contributed by atoms with Crippen molar-refractivity contribution in [1.29, 1.82) is 0 Å². The lowest BCUT2D eigenvalue weighted by Gasteiger charge is -2.37. The second-order valence-electron chi connectivity index (χ2n) is 4.14. The molecule has 0 radical (unpaired) electrons. The first kappa shape index (κ1) is 10.9. The number of ether oxygens (including phenoxy) is 1. The normalized spacial score (nSPS) is 29.1. The van der Waals surface area contributed by atoms with Crippen LogP contribution in [-0.2, 0) is 9.53 Å². The Morgan fingerprint density at radius 2 is 2.07 bits per heavy atom. The van der Waals surface area contributed by atoms with Crippen molar-refractivity contribution in [2.75, 3.05) is 53.0 Å². The average molecular weight is 213 g/mol.